The van der Waals surface area contributed by atoms with Gasteiger partial charge in [-0.25, -0.2) is 0 Å². The normalized spacial score (nSPS) is 19.9. The molecule has 0 unspecified atom stereocenters. The number of aryl methyl sites for hydroxylation is 1. The number of halogens is 1. The predicted molar refractivity (Wildman–Crippen MR) is 149 cm³/mol. The predicted octanol–water partition coefficient (Wildman–Crippen LogP) is 6.65. The lowest BCUT2D eigenvalue weighted by atomic mass is 9.74. The molecule has 1 N–H and O–H groups in total. The number of carbonyl (C=O) groups excluding carboxylic acids is 1. The van der Waals surface area contributed by atoms with Gasteiger partial charge in [0.1, 0.15) is 12.3 Å². The highest BCUT2D eigenvalue weighted by Crippen LogP contribution is 2.52. The van der Waals surface area contributed by atoms with Gasteiger partial charge in [-0.15, -0.1) is 0 Å². The third-order valence-corrected chi connectivity index (χ3v) is 7.69. The van der Waals surface area contributed by atoms with Crippen LogP contribution in [0.4, 0.5) is 5.69 Å². The fourth-order valence-corrected chi connectivity index (χ4v) is 5.70. The molecule has 0 bridgehead atoms. The number of nitrogens with zero attached hydrogens (tertiary/aromatic N) is 1. The van der Waals surface area contributed by atoms with E-state index in [4.69, 9.17) is 21.1 Å². The lowest BCUT2D eigenvalue weighted by Gasteiger charge is -2.49. The van der Waals surface area contributed by atoms with Crippen molar-refractivity contribution >= 4 is 29.3 Å². The summed E-state index contributed by atoms with van der Waals surface area (Å²) in [6.07, 6.45) is 4.69. The molecule has 0 spiro atoms. The SMILES string of the molecule is CCOc1cc(/C=C/[C@]23NC(=O)CCN2c2ccc(C)cc2C3(C)C)ccc1OCc1cccc(Cl)c1. The standard InChI is InChI=1S/C31H33ClN2O3/c1-5-36-28-19-22(10-12-27(28)37-20-23-7-6-8-24(32)18-23)13-15-31-30(3,4)25-17-21(2)9-11-26(25)34(31)16-14-29(35)33-31/h6-13,15,17-19H,5,14,16,20H2,1-4H3,(H,33,35)/b15-13+/t31-/m0/s1. The van der Waals surface area contributed by atoms with Gasteiger partial charge in [-0.05, 0) is 66.9 Å². The van der Waals surface area contributed by atoms with Crippen LogP contribution in [0.15, 0.2) is 66.7 Å². The van der Waals surface area contributed by atoms with Crippen LogP contribution < -0.4 is 19.7 Å². The number of carbonyl (C=O) groups is 1. The molecule has 1 atom stereocenters. The molecule has 5 rings (SSSR count). The zero-order chi connectivity index (χ0) is 26.2. The van der Waals surface area contributed by atoms with Crippen molar-refractivity contribution in [3.8, 4) is 11.5 Å². The summed E-state index contributed by atoms with van der Waals surface area (Å²) in [5.41, 5.74) is 4.61. The van der Waals surface area contributed by atoms with Gasteiger partial charge in [0, 0.05) is 29.1 Å². The minimum atomic E-state index is -0.661. The molecule has 3 aromatic rings. The Morgan fingerprint density at radius 1 is 1.05 bits per heavy atom. The molecule has 1 amide bonds. The van der Waals surface area contributed by atoms with Crippen molar-refractivity contribution < 1.29 is 14.3 Å². The number of anilines is 1. The van der Waals surface area contributed by atoms with Crippen molar-refractivity contribution in [2.24, 2.45) is 0 Å². The first-order valence-electron chi connectivity index (χ1n) is 12.8. The first kappa shape index (κ1) is 25.2. The number of hydrogen-bond acceptors (Lipinski definition) is 4. The Hall–Kier alpha value is -3.44. The Kier molecular flexibility index (Phi) is 6.67. The lowest BCUT2D eigenvalue weighted by molar-refractivity contribution is -0.124. The van der Waals surface area contributed by atoms with Crippen molar-refractivity contribution in [2.45, 2.75) is 51.8 Å². The fourth-order valence-electron chi connectivity index (χ4n) is 5.49. The summed E-state index contributed by atoms with van der Waals surface area (Å²) >= 11 is 6.11. The zero-order valence-electron chi connectivity index (χ0n) is 21.8. The van der Waals surface area contributed by atoms with E-state index in [0.717, 1.165) is 11.1 Å². The van der Waals surface area contributed by atoms with Crippen LogP contribution in [-0.4, -0.2) is 24.7 Å². The number of nitrogens with one attached hydrogen (secondary N) is 1. The molecular formula is C31H33ClN2O3. The smallest absolute Gasteiger partial charge is 0.223 e. The second-order valence-electron chi connectivity index (χ2n) is 10.3. The van der Waals surface area contributed by atoms with Crippen LogP contribution >= 0.6 is 11.6 Å². The molecule has 0 radical (unpaired) electrons. The van der Waals surface area contributed by atoms with E-state index in [1.807, 2.05) is 49.4 Å². The maximum atomic E-state index is 12.7. The van der Waals surface area contributed by atoms with Gasteiger partial charge in [0.2, 0.25) is 5.91 Å². The minimum Gasteiger partial charge on any atom is -0.490 e. The second-order valence-corrected chi connectivity index (χ2v) is 10.7. The molecule has 0 saturated carbocycles. The van der Waals surface area contributed by atoms with E-state index in [-0.39, 0.29) is 11.3 Å². The zero-order valence-corrected chi connectivity index (χ0v) is 22.6. The van der Waals surface area contributed by atoms with Gasteiger partial charge in [-0.1, -0.05) is 67.4 Å². The molecule has 2 heterocycles. The third-order valence-electron chi connectivity index (χ3n) is 7.46. The van der Waals surface area contributed by atoms with Crippen LogP contribution in [0.3, 0.4) is 0 Å². The van der Waals surface area contributed by atoms with Gasteiger partial charge in [-0.3, -0.25) is 4.79 Å². The molecular weight excluding hydrogens is 484 g/mol. The van der Waals surface area contributed by atoms with Crippen LogP contribution in [0.5, 0.6) is 11.5 Å². The van der Waals surface area contributed by atoms with Crippen molar-refractivity contribution in [2.75, 3.05) is 18.1 Å². The lowest BCUT2D eigenvalue weighted by Crippen LogP contribution is -2.68. The van der Waals surface area contributed by atoms with Crippen molar-refractivity contribution in [3.63, 3.8) is 0 Å². The first-order valence-corrected chi connectivity index (χ1v) is 13.1. The third kappa shape index (κ3) is 4.57. The maximum Gasteiger partial charge on any atom is 0.223 e. The number of amides is 1. The van der Waals surface area contributed by atoms with Gasteiger partial charge in [-0.2, -0.15) is 0 Å². The largest absolute Gasteiger partial charge is 0.490 e. The Labute approximate surface area is 224 Å². The number of hydrogen-bond donors (Lipinski definition) is 1. The number of ether oxygens (including phenoxy) is 2. The minimum absolute atomic E-state index is 0.0678. The average Bonchev–Trinajstić information content (AvgIpc) is 3.05. The molecule has 3 aromatic carbocycles. The van der Waals surface area contributed by atoms with Gasteiger partial charge in [0.15, 0.2) is 11.5 Å². The van der Waals surface area contributed by atoms with E-state index in [9.17, 15) is 4.79 Å². The summed E-state index contributed by atoms with van der Waals surface area (Å²) in [6, 6.07) is 20.1. The van der Waals surface area contributed by atoms with Gasteiger partial charge >= 0.3 is 0 Å². The molecule has 192 valence electrons. The van der Waals surface area contributed by atoms with Crippen molar-refractivity contribution in [1.82, 2.24) is 5.32 Å². The van der Waals surface area contributed by atoms with E-state index in [2.05, 4.69) is 61.3 Å². The average molecular weight is 517 g/mol. The fraction of sp³-hybridized carbons (Fsp3) is 0.323. The highest BCUT2D eigenvalue weighted by molar-refractivity contribution is 6.30. The van der Waals surface area contributed by atoms with Crippen LogP contribution in [0.2, 0.25) is 5.02 Å². The Bertz CT molecular complexity index is 1370. The van der Waals surface area contributed by atoms with E-state index < -0.39 is 5.66 Å². The summed E-state index contributed by atoms with van der Waals surface area (Å²) < 4.78 is 12.0. The van der Waals surface area contributed by atoms with Crippen LogP contribution in [-0.2, 0) is 16.8 Å². The summed E-state index contributed by atoms with van der Waals surface area (Å²) in [4.78, 5) is 15.0. The highest BCUT2D eigenvalue weighted by atomic mass is 35.5. The van der Waals surface area contributed by atoms with E-state index >= 15 is 0 Å². The first-order chi connectivity index (χ1) is 17.7. The number of benzene rings is 3. The summed E-state index contributed by atoms with van der Waals surface area (Å²) in [5.74, 6) is 1.42. The van der Waals surface area contributed by atoms with E-state index in [1.54, 1.807) is 0 Å². The molecule has 0 aromatic heterocycles. The van der Waals surface area contributed by atoms with Crippen LogP contribution in [0, 0.1) is 6.92 Å². The second kappa shape index (κ2) is 9.79. The molecule has 1 saturated heterocycles. The van der Waals surface area contributed by atoms with E-state index in [0.29, 0.717) is 42.7 Å². The molecule has 0 aliphatic carbocycles. The highest BCUT2D eigenvalue weighted by Gasteiger charge is 2.57. The van der Waals surface area contributed by atoms with Gasteiger partial charge < -0.3 is 19.7 Å². The molecule has 1 fully saturated rings. The summed E-state index contributed by atoms with van der Waals surface area (Å²) in [6.45, 7) is 10.1. The topological polar surface area (TPSA) is 50.8 Å². The van der Waals surface area contributed by atoms with Gasteiger partial charge in [0.05, 0.1) is 6.61 Å². The summed E-state index contributed by atoms with van der Waals surface area (Å²) in [7, 11) is 0. The molecule has 2 aliphatic rings. The summed E-state index contributed by atoms with van der Waals surface area (Å²) in [5, 5.41) is 4.03. The number of rotatable bonds is 7. The molecule has 37 heavy (non-hydrogen) atoms. The van der Waals surface area contributed by atoms with Crippen molar-refractivity contribution in [1.29, 1.82) is 0 Å². The maximum absolute atomic E-state index is 12.7. The van der Waals surface area contributed by atoms with Crippen LogP contribution in [0.25, 0.3) is 6.08 Å². The Morgan fingerprint density at radius 2 is 1.89 bits per heavy atom. The van der Waals surface area contributed by atoms with Crippen molar-refractivity contribution in [3.05, 3.63) is 94.0 Å². The quantitative estimate of drug-likeness (QED) is 0.382. The molecule has 5 nitrogen and oxygen atoms in total. The van der Waals surface area contributed by atoms with Crippen LogP contribution in [0.1, 0.15) is 49.4 Å². The Morgan fingerprint density at radius 3 is 2.68 bits per heavy atom. The molecule has 6 heteroatoms. The monoisotopic (exact) mass is 516 g/mol. The Balaban J connectivity index is 1.46. The van der Waals surface area contributed by atoms with Gasteiger partial charge in [0.25, 0.3) is 0 Å². The number of fused-ring (bicyclic) bond motifs is 3. The molecule has 2 aliphatic heterocycles. The van der Waals surface area contributed by atoms with E-state index in [1.165, 1.54) is 16.8 Å².